The quantitative estimate of drug-likeness (QED) is 0.138. The standard InChI is InChI=1S/C22H30O4.2HI.4H2N.2Pt/c1-5-6-7-8-15-12-18(23)20(21(24)19(15)22(25)26)17-11-14(4)9-10-16(17)13(2)3;;;;;;;;/h11-12,16-17,23-24H,2,5-10H2,1,3-4H3,(H,25,26);2*1H;4*1H2;;/q;;;4*-1;+2;+4/p-2/t16-,17+;;;;;;;;/m1......../s1. The second-order valence-corrected chi connectivity index (χ2v) is 24.1. The van der Waals surface area contributed by atoms with Gasteiger partial charge in [0.2, 0.25) is 0 Å². The van der Waals surface area contributed by atoms with Gasteiger partial charge in [0.1, 0.15) is 17.1 Å². The van der Waals surface area contributed by atoms with Crippen LogP contribution in [0.3, 0.4) is 0 Å². The molecule has 0 aliphatic heterocycles. The molecule has 1 aromatic carbocycles. The molecule has 0 saturated heterocycles. The second-order valence-electron chi connectivity index (χ2n) is 7.53. The van der Waals surface area contributed by atoms with Crippen LogP contribution in [-0.4, -0.2) is 21.3 Å². The van der Waals surface area contributed by atoms with Crippen molar-refractivity contribution in [1.82, 2.24) is 0 Å². The van der Waals surface area contributed by atoms with Crippen LogP contribution in [0.15, 0.2) is 29.9 Å². The minimum atomic E-state index is -1.15. The number of carbonyl (C=O) groups is 1. The van der Waals surface area contributed by atoms with E-state index in [-0.39, 0.29) is 74.6 Å². The van der Waals surface area contributed by atoms with Crippen molar-refractivity contribution in [2.24, 2.45) is 5.92 Å². The molecular formula is C22H38I2N4O4Pt2. The van der Waals surface area contributed by atoms with Gasteiger partial charge in [0, 0.05) is 11.5 Å². The van der Waals surface area contributed by atoms with Crippen molar-refractivity contribution < 1.29 is 52.4 Å². The topological polar surface area (TPSA) is 212 Å². The van der Waals surface area contributed by atoms with Crippen LogP contribution in [0.5, 0.6) is 11.5 Å². The normalized spacial score (nSPS) is 15.9. The van der Waals surface area contributed by atoms with Gasteiger partial charge in [0.15, 0.2) is 0 Å². The molecule has 0 heterocycles. The van der Waals surface area contributed by atoms with Gasteiger partial charge in [-0.05, 0) is 57.1 Å². The molecule has 204 valence electrons. The molecule has 8 nitrogen and oxygen atoms in total. The third kappa shape index (κ3) is 12.6. The molecule has 1 aliphatic carbocycles. The Hall–Kier alpha value is 0.447. The minimum Gasteiger partial charge on any atom is -0.693 e. The number of aromatic carboxylic acids is 1. The van der Waals surface area contributed by atoms with Crippen LogP contribution >= 0.6 is 38.7 Å². The Morgan fingerprint density at radius 3 is 2.15 bits per heavy atom. The fourth-order valence-corrected chi connectivity index (χ4v) is 3.96. The molecule has 0 aromatic heterocycles. The molecule has 34 heavy (non-hydrogen) atoms. The van der Waals surface area contributed by atoms with Crippen LogP contribution < -0.4 is 0 Å². The van der Waals surface area contributed by atoms with Gasteiger partial charge < -0.3 is 39.9 Å². The maximum atomic E-state index is 11.8. The zero-order valence-electron chi connectivity index (χ0n) is 19.7. The number of carboxylic acid groups (broad SMARTS) is 1. The van der Waals surface area contributed by atoms with Crippen molar-refractivity contribution >= 4 is 44.7 Å². The van der Waals surface area contributed by atoms with Crippen molar-refractivity contribution in [2.45, 2.75) is 65.2 Å². The summed E-state index contributed by atoms with van der Waals surface area (Å²) < 4.78 is 0. The van der Waals surface area contributed by atoms with Gasteiger partial charge in [-0.1, -0.05) is 43.6 Å². The number of phenolic OH excluding ortho intramolecular Hbond substituents is 1. The van der Waals surface area contributed by atoms with E-state index in [9.17, 15) is 20.1 Å². The van der Waals surface area contributed by atoms with Crippen molar-refractivity contribution in [1.29, 1.82) is 0 Å². The first kappa shape index (κ1) is 44.4. The van der Waals surface area contributed by atoms with Gasteiger partial charge in [-0.2, -0.15) is 0 Å². The first-order chi connectivity index (χ1) is 13.7. The van der Waals surface area contributed by atoms with Crippen molar-refractivity contribution in [3.8, 4) is 11.5 Å². The number of hydrogen-bond acceptors (Lipinski definition) is 3. The number of aromatic hydroxyl groups is 2. The summed E-state index contributed by atoms with van der Waals surface area (Å²) in [5, 5.41) is 31.1. The number of halogens is 2. The molecule has 0 unspecified atom stereocenters. The third-order valence-corrected chi connectivity index (χ3v) is 5.38. The van der Waals surface area contributed by atoms with Crippen molar-refractivity contribution in [3.63, 3.8) is 0 Å². The molecule has 0 amide bonds. The summed E-state index contributed by atoms with van der Waals surface area (Å²) in [5.74, 6) is -1.67. The number of carboxylic acids is 1. The minimum absolute atomic E-state index is 0. The Morgan fingerprint density at radius 1 is 1.18 bits per heavy atom. The van der Waals surface area contributed by atoms with E-state index in [0.29, 0.717) is 28.7 Å². The van der Waals surface area contributed by atoms with E-state index in [4.69, 9.17) is 0 Å². The van der Waals surface area contributed by atoms with Crippen LogP contribution in [0, 0.1) is 5.92 Å². The predicted octanol–water partition coefficient (Wildman–Crippen LogP) is 10.2. The van der Waals surface area contributed by atoms with Gasteiger partial charge >= 0.3 is 76.9 Å². The van der Waals surface area contributed by atoms with Crippen LogP contribution in [0.1, 0.15) is 80.3 Å². The Balaban J connectivity index is -0.000000332. The molecule has 2 atom stereocenters. The van der Waals surface area contributed by atoms with Crippen LogP contribution in [0.2, 0.25) is 0 Å². The largest absolute Gasteiger partial charge is 2.00 e. The monoisotopic (exact) mass is 1070 g/mol. The summed E-state index contributed by atoms with van der Waals surface area (Å²) in [6.07, 6.45) is 7.19. The van der Waals surface area contributed by atoms with Gasteiger partial charge in [-0.15, -0.1) is 0 Å². The van der Waals surface area contributed by atoms with Crippen molar-refractivity contribution in [3.05, 3.63) is 71.2 Å². The number of aryl methyl sites for hydroxylation is 1. The summed E-state index contributed by atoms with van der Waals surface area (Å²) >= 11 is 5.30. The molecule has 1 aromatic rings. The third-order valence-electron chi connectivity index (χ3n) is 5.38. The Kier molecular flexibility index (Phi) is 29.6. The van der Waals surface area contributed by atoms with E-state index in [2.05, 4.69) is 52.2 Å². The molecule has 0 spiro atoms. The molecule has 0 bridgehead atoms. The summed E-state index contributed by atoms with van der Waals surface area (Å²) in [7, 11) is 0. The summed E-state index contributed by atoms with van der Waals surface area (Å²) in [4.78, 5) is 11.8. The molecule has 0 radical (unpaired) electrons. The first-order valence-electron chi connectivity index (χ1n) is 9.65. The SMILES string of the molecule is C=C(C)[C@H]1CCC(C)=C[C@@H]1c1c(O)cc(CCCCC)c(C(=O)O)c1O.[I][Pt+2][I].[NH2-].[NH2-].[NH2-].[NH2-].[Pt+2]. The molecular weight excluding hydrogens is 1030 g/mol. The van der Waals surface area contributed by atoms with Crippen molar-refractivity contribution in [2.75, 3.05) is 0 Å². The number of phenols is 2. The zero-order chi connectivity index (χ0) is 22.1. The first-order valence-corrected chi connectivity index (χ1v) is 22.5. The zero-order valence-corrected chi connectivity index (χ0v) is 28.6. The molecule has 1 aliphatic rings. The summed E-state index contributed by atoms with van der Waals surface area (Å²) in [6, 6.07) is 1.53. The Bertz CT molecular complexity index is 784. The maximum Gasteiger partial charge on any atom is 2.00 e. The van der Waals surface area contributed by atoms with Crippen LogP contribution in [-0.2, 0) is 38.7 Å². The van der Waals surface area contributed by atoms with Gasteiger partial charge in [-0.25, -0.2) is 4.79 Å². The smallest absolute Gasteiger partial charge is 0.693 e. The molecule has 11 N–H and O–H groups in total. The average molecular weight is 1070 g/mol. The second kappa shape index (κ2) is 22.6. The molecule has 2 rings (SSSR count). The fraction of sp³-hybridized carbons (Fsp3) is 0.500. The van der Waals surface area contributed by atoms with E-state index < -0.39 is 5.97 Å². The van der Waals surface area contributed by atoms with E-state index >= 15 is 0 Å². The molecule has 0 saturated carbocycles. The van der Waals surface area contributed by atoms with Crippen LogP contribution in [0.4, 0.5) is 0 Å². The Morgan fingerprint density at radius 2 is 1.71 bits per heavy atom. The van der Waals surface area contributed by atoms with Crippen LogP contribution in [0.25, 0.3) is 24.6 Å². The molecule has 12 heteroatoms. The number of unbranched alkanes of at least 4 members (excludes halogenated alkanes) is 2. The number of hydrogen-bond donors (Lipinski definition) is 3. The summed E-state index contributed by atoms with van der Waals surface area (Å²) in [5.41, 5.74) is 2.88. The Labute approximate surface area is 248 Å². The number of rotatable bonds is 7. The number of benzene rings is 1. The van der Waals surface area contributed by atoms with E-state index in [1.54, 1.807) is 0 Å². The average Bonchev–Trinajstić information content (AvgIpc) is 2.61. The van der Waals surface area contributed by atoms with E-state index in [1.165, 1.54) is 11.6 Å². The van der Waals surface area contributed by atoms with Gasteiger partial charge in [0.25, 0.3) is 0 Å². The number of nitrogens with two attached hydrogens (primary N) is 4. The predicted molar refractivity (Wildman–Crippen MR) is 153 cm³/mol. The van der Waals surface area contributed by atoms with E-state index in [1.807, 2.05) is 19.9 Å². The molecule has 0 fully saturated rings. The van der Waals surface area contributed by atoms with Gasteiger partial charge in [-0.3, -0.25) is 0 Å². The summed E-state index contributed by atoms with van der Waals surface area (Å²) in [6.45, 7) is 10.1. The van der Waals surface area contributed by atoms with Gasteiger partial charge in [0.05, 0.1) is 0 Å². The number of allylic oxidation sites excluding steroid dienone is 3. The fourth-order valence-electron chi connectivity index (χ4n) is 3.96. The maximum absolute atomic E-state index is 11.8. The van der Waals surface area contributed by atoms with E-state index in [0.717, 1.165) is 37.7 Å².